The van der Waals surface area contributed by atoms with Crippen molar-refractivity contribution in [3.8, 4) is 22.3 Å². The number of Topliss-reactive ketones (excluding diaryl/α,β-unsaturated/α-hetero) is 2. The minimum Gasteiger partial charge on any atom is -0.294 e. The number of carbonyl (C=O) groups is 2. The first-order valence-electron chi connectivity index (χ1n) is 9.39. The zero-order valence-corrected chi connectivity index (χ0v) is 18.3. The highest BCUT2D eigenvalue weighted by molar-refractivity contribution is 7.79. The average molecular weight is 409 g/mol. The van der Waals surface area contributed by atoms with E-state index in [1.165, 1.54) is 0 Å². The molecule has 3 rings (SSSR count). The van der Waals surface area contributed by atoms with Gasteiger partial charge in [0.05, 0.1) is 0 Å². The van der Waals surface area contributed by atoms with E-state index in [4.69, 9.17) is 24.4 Å². The summed E-state index contributed by atoms with van der Waals surface area (Å²) in [6, 6.07) is 11.5. The Morgan fingerprint density at radius 2 is 1.11 bits per heavy atom. The van der Waals surface area contributed by atoms with E-state index >= 15 is 0 Å². The molecule has 2 nitrogen and oxygen atoms in total. The van der Waals surface area contributed by atoms with Gasteiger partial charge < -0.3 is 0 Å². The topological polar surface area (TPSA) is 34.1 Å². The molecule has 0 atom stereocenters. The number of ketones is 2. The van der Waals surface area contributed by atoms with Gasteiger partial charge in [-0.2, -0.15) is 0 Å². The molecule has 0 aliphatic heterocycles. The van der Waals surface area contributed by atoms with E-state index in [2.05, 4.69) is 0 Å². The number of thiocarbonyl (C=S) groups is 2. The molecule has 0 amide bonds. The van der Waals surface area contributed by atoms with Crippen LogP contribution >= 0.6 is 24.4 Å². The maximum absolute atomic E-state index is 13.2. The van der Waals surface area contributed by atoms with Crippen LogP contribution in [0.4, 0.5) is 0 Å². The first kappa shape index (κ1) is 20.7. The van der Waals surface area contributed by atoms with E-state index in [-0.39, 0.29) is 11.6 Å². The van der Waals surface area contributed by atoms with Crippen molar-refractivity contribution < 1.29 is 9.59 Å². The molecule has 0 fully saturated rings. The molecule has 4 heteroatoms. The van der Waals surface area contributed by atoms with Crippen LogP contribution in [0.3, 0.4) is 0 Å². The molecule has 0 aromatic heterocycles. The van der Waals surface area contributed by atoms with Crippen LogP contribution in [0.5, 0.6) is 0 Å². The molecule has 0 unspecified atom stereocenters. The predicted octanol–water partition coefficient (Wildman–Crippen LogP) is 6.53. The maximum Gasteiger partial charge on any atom is 0.169 e. The SMILES string of the molecule is CC(C)(CC=S)C(=O)c1cccc2c1-c1cccc(C(=O)C(C)(C)CC=S)c1-2. The monoisotopic (exact) mass is 408 g/mol. The number of hydrogen-bond donors (Lipinski definition) is 0. The summed E-state index contributed by atoms with van der Waals surface area (Å²) < 4.78 is 0. The zero-order valence-electron chi connectivity index (χ0n) is 16.7. The fourth-order valence-corrected chi connectivity index (χ4v) is 4.58. The van der Waals surface area contributed by atoms with Gasteiger partial charge in [0.25, 0.3) is 0 Å². The van der Waals surface area contributed by atoms with Gasteiger partial charge in [0.1, 0.15) is 0 Å². The van der Waals surface area contributed by atoms with Gasteiger partial charge in [-0.05, 0) is 34.7 Å². The quantitative estimate of drug-likeness (QED) is 0.313. The van der Waals surface area contributed by atoms with E-state index in [1.807, 2.05) is 64.1 Å². The fourth-order valence-electron chi connectivity index (χ4n) is 3.75. The summed E-state index contributed by atoms with van der Waals surface area (Å²) in [5.41, 5.74) is 4.14. The molecule has 0 heterocycles. The van der Waals surface area contributed by atoms with Gasteiger partial charge in [-0.25, -0.2) is 0 Å². The summed E-state index contributed by atoms with van der Waals surface area (Å²) >= 11 is 9.96. The van der Waals surface area contributed by atoms with Crippen molar-refractivity contribution >= 4 is 46.7 Å². The Bertz CT molecular complexity index is 904. The summed E-state index contributed by atoms with van der Waals surface area (Å²) in [4.78, 5) is 26.4. The normalized spacial score (nSPS) is 12.4. The van der Waals surface area contributed by atoms with Gasteiger partial charge in [-0.1, -0.05) is 88.5 Å². The summed E-state index contributed by atoms with van der Waals surface area (Å²) in [6.45, 7) is 7.69. The van der Waals surface area contributed by atoms with E-state index in [9.17, 15) is 9.59 Å². The molecule has 2 aromatic carbocycles. The van der Waals surface area contributed by atoms with Gasteiger partial charge in [0, 0.05) is 33.1 Å². The highest BCUT2D eigenvalue weighted by atomic mass is 32.1. The molecular formula is C24H24O2S2. The molecule has 0 N–H and O–H groups in total. The Morgan fingerprint density at radius 3 is 1.43 bits per heavy atom. The number of hydrogen-bond acceptors (Lipinski definition) is 4. The fraction of sp³-hybridized carbons (Fsp3) is 0.333. The van der Waals surface area contributed by atoms with Crippen molar-refractivity contribution in [2.75, 3.05) is 0 Å². The third kappa shape index (κ3) is 3.29. The van der Waals surface area contributed by atoms with Crippen molar-refractivity contribution in [1.29, 1.82) is 0 Å². The van der Waals surface area contributed by atoms with Gasteiger partial charge >= 0.3 is 0 Å². The molecule has 0 bridgehead atoms. The van der Waals surface area contributed by atoms with Crippen LogP contribution in [0.1, 0.15) is 61.3 Å². The third-order valence-electron chi connectivity index (χ3n) is 5.57. The highest BCUT2D eigenvalue weighted by Crippen LogP contribution is 2.52. The predicted molar refractivity (Wildman–Crippen MR) is 124 cm³/mol. The number of carbonyl (C=O) groups excluding carboxylic acids is 2. The Hall–Kier alpha value is -2.04. The van der Waals surface area contributed by atoms with Crippen molar-refractivity contribution in [2.45, 2.75) is 40.5 Å². The van der Waals surface area contributed by atoms with Gasteiger partial charge in [0.2, 0.25) is 0 Å². The van der Waals surface area contributed by atoms with Gasteiger partial charge in [-0.3, -0.25) is 9.59 Å². The van der Waals surface area contributed by atoms with Crippen molar-refractivity contribution in [2.24, 2.45) is 10.8 Å². The van der Waals surface area contributed by atoms with E-state index in [1.54, 1.807) is 10.7 Å². The average Bonchev–Trinajstić information content (AvgIpc) is 2.63. The highest BCUT2D eigenvalue weighted by Gasteiger charge is 2.37. The second-order valence-electron chi connectivity index (χ2n) is 8.62. The standard InChI is InChI=1S/C24H24O2S2/c1-23(2,11-13-27)21(25)17-9-5-7-15-19(17)16-8-6-10-18(20(15)16)22(26)24(3,4)12-14-28/h5-10,13-14H,11-12H2,1-4H3. The summed E-state index contributed by atoms with van der Waals surface area (Å²) in [6.07, 6.45) is 1.09. The molecule has 0 radical (unpaired) electrons. The minimum absolute atomic E-state index is 0.0777. The van der Waals surface area contributed by atoms with Crippen molar-refractivity contribution in [3.05, 3.63) is 47.5 Å². The smallest absolute Gasteiger partial charge is 0.169 e. The lowest BCUT2D eigenvalue weighted by Gasteiger charge is -2.32. The molecule has 144 valence electrons. The van der Waals surface area contributed by atoms with Crippen molar-refractivity contribution in [3.63, 3.8) is 0 Å². The van der Waals surface area contributed by atoms with E-state index < -0.39 is 10.8 Å². The molecule has 2 aromatic rings. The summed E-state index contributed by atoms with van der Waals surface area (Å²) in [5, 5.41) is 3.24. The molecule has 0 saturated carbocycles. The van der Waals surface area contributed by atoms with Crippen molar-refractivity contribution in [1.82, 2.24) is 0 Å². The molecule has 0 spiro atoms. The molecule has 0 saturated heterocycles. The Labute approximate surface area is 177 Å². The summed E-state index contributed by atoms with van der Waals surface area (Å²) in [7, 11) is 0. The minimum atomic E-state index is -0.554. The van der Waals surface area contributed by atoms with Crippen LogP contribution in [0.2, 0.25) is 0 Å². The largest absolute Gasteiger partial charge is 0.294 e. The molecule has 28 heavy (non-hydrogen) atoms. The van der Waals surface area contributed by atoms with Crippen LogP contribution in [-0.2, 0) is 0 Å². The van der Waals surface area contributed by atoms with Crippen LogP contribution < -0.4 is 0 Å². The summed E-state index contributed by atoms with van der Waals surface area (Å²) in [5.74, 6) is 0.155. The Kier molecular flexibility index (Phi) is 5.48. The number of benzene rings is 2. The van der Waals surface area contributed by atoms with Crippen LogP contribution in [0.25, 0.3) is 22.3 Å². The van der Waals surface area contributed by atoms with Crippen LogP contribution in [0, 0.1) is 10.8 Å². The maximum atomic E-state index is 13.2. The number of rotatable bonds is 8. The van der Waals surface area contributed by atoms with E-state index in [0.29, 0.717) is 24.0 Å². The van der Waals surface area contributed by atoms with Gasteiger partial charge in [0.15, 0.2) is 11.6 Å². The van der Waals surface area contributed by atoms with E-state index in [0.717, 1.165) is 22.3 Å². The molecular weight excluding hydrogens is 384 g/mol. The second-order valence-corrected chi connectivity index (χ2v) is 9.29. The van der Waals surface area contributed by atoms with Gasteiger partial charge in [-0.15, -0.1) is 0 Å². The van der Waals surface area contributed by atoms with Crippen LogP contribution in [0.15, 0.2) is 36.4 Å². The zero-order chi connectivity index (χ0) is 20.7. The third-order valence-corrected chi connectivity index (χ3v) is 5.91. The lowest BCUT2D eigenvalue weighted by Crippen LogP contribution is -2.28. The lowest BCUT2D eigenvalue weighted by atomic mass is 9.69. The first-order chi connectivity index (χ1) is 13.2. The second kappa shape index (κ2) is 7.41. The Balaban J connectivity index is 2.09. The van der Waals surface area contributed by atoms with Crippen LogP contribution in [-0.4, -0.2) is 22.3 Å². The Morgan fingerprint density at radius 1 is 0.750 bits per heavy atom. The molecule has 1 aliphatic carbocycles. The first-order valence-corrected chi connectivity index (χ1v) is 10.3. The lowest BCUT2D eigenvalue weighted by molar-refractivity contribution is 0.0843. The number of fused-ring (bicyclic) bond motifs is 4. The molecule has 1 aliphatic rings.